The van der Waals surface area contributed by atoms with Gasteiger partial charge < -0.3 is 4.57 Å². The van der Waals surface area contributed by atoms with E-state index < -0.39 is 0 Å². The summed E-state index contributed by atoms with van der Waals surface area (Å²) in [6.45, 7) is 0.902. The van der Waals surface area contributed by atoms with Crippen LogP contribution in [0.25, 0.3) is 10.9 Å². The number of halogens is 2. The van der Waals surface area contributed by atoms with Crippen LogP contribution in [-0.4, -0.2) is 10.4 Å². The SMILES string of the molecule is Fc1ccc2ccn(CCCCCl)c2c1. The number of alkyl halides is 1. The molecule has 0 saturated carbocycles. The molecule has 0 radical (unpaired) electrons. The van der Waals surface area contributed by atoms with Gasteiger partial charge in [0.15, 0.2) is 0 Å². The summed E-state index contributed by atoms with van der Waals surface area (Å²) in [6.07, 6.45) is 4.03. The Morgan fingerprint density at radius 1 is 1.20 bits per heavy atom. The van der Waals surface area contributed by atoms with E-state index in [1.807, 2.05) is 18.3 Å². The van der Waals surface area contributed by atoms with E-state index in [0.717, 1.165) is 30.3 Å². The Balaban J connectivity index is 2.23. The first-order valence-electron chi connectivity index (χ1n) is 5.11. The molecule has 2 rings (SSSR count). The first-order valence-corrected chi connectivity index (χ1v) is 5.65. The summed E-state index contributed by atoms with van der Waals surface area (Å²) in [5.74, 6) is 0.507. The normalized spacial score (nSPS) is 11.1. The van der Waals surface area contributed by atoms with Crippen LogP contribution in [0.1, 0.15) is 12.8 Å². The van der Waals surface area contributed by atoms with Crippen molar-refractivity contribution in [2.75, 3.05) is 5.88 Å². The number of aromatic nitrogens is 1. The van der Waals surface area contributed by atoms with Crippen LogP contribution in [0.5, 0.6) is 0 Å². The second-order valence-electron chi connectivity index (χ2n) is 3.61. The van der Waals surface area contributed by atoms with Crippen LogP contribution in [0.15, 0.2) is 30.5 Å². The molecule has 0 N–H and O–H groups in total. The predicted octanol–water partition coefficient (Wildman–Crippen LogP) is 3.80. The molecule has 0 fully saturated rings. The molecule has 1 heterocycles. The first kappa shape index (κ1) is 10.5. The van der Waals surface area contributed by atoms with Crippen molar-refractivity contribution in [3.63, 3.8) is 0 Å². The van der Waals surface area contributed by atoms with E-state index in [1.165, 1.54) is 6.07 Å². The average molecular weight is 226 g/mol. The van der Waals surface area contributed by atoms with Gasteiger partial charge in [0.05, 0.1) is 5.52 Å². The summed E-state index contributed by atoms with van der Waals surface area (Å²) in [5, 5.41) is 1.09. The summed E-state index contributed by atoms with van der Waals surface area (Å²) in [5.41, 5.74) is 0.963. The summed E-state index contributed by atoms with van der Waals surface area (Å²) >= 11 is 5.62. The van der Waals surface area contributed by atoms with Crippen molar-refractivity contribution in [3.8, 4) is 0 Å². The molecule has 0 aliphatic heterocycles. The van der Waals surface area contributed by atoms with Gasteiger partial charge in [-0.3, -0.25) is 0 Å². The van der Waals surface area contributed by atoms with E-state index in [9.17, 15) is 4.39 Å². The number of rotatable bonds is 4. The maximum Gasteiger partial charge on any atom is 0.125 e. The van der Waals surface area contributed by atoms with Crippen LogP contribution < -0.4 is 0 Å². The van der Waals surface area contributed by atoms with E-state index in [-0.39, 0.29) is 5.82 Å². The molecule has 0 spiro atoms. The van der Waals surface area contributed by atoms with Crippen molar-refractivity contribution >= 4 is 22.5 Å². The highest BCUT2D eigenvalue weighted by molar-refractivity contribution is 6.17. The summed E-state index contributed by atoms with van der Waals surface area (Å²) in [4.78, 5) is 0. The highest BCUT2D eigenvalue weighted by Crippen LogP contribution is 2.17. The van der Waals surface area contributed by atoms with Crippen molar-refractivity contribution in [2.24, 2.45) is 0 Å². The highest BCUT2D eigenvalue weighted by Gasteiger charge is 2.01. The Hall–Kier alpha value is -1.02. The molecule has 0 atom stereocenters. The molecule has 0 amide bonds. The van der Waals surface area contributed by atoms with Crippen molar-refractivity contribution < 1.29 is 4.39 Å². The maximum absolute atomic E-state index is 13.0. The average Bonchev–Trinajstić information content (AvgIpc) is 2.62. The molecular formula is C12H13ClFN. The number of fused-ring (bicyclic) bond motifs is 1. The minimum atomic E-state index is -0.181. The van der Waals surface area contributed by atoms with Crippen molar-refractivity contribution in [1.29, 1.82) is 0 Å². The molecule has 3 heteroatoms. The van der Waals surface area contributed by atoms with Gasteiger partial charge in [-0.2, -0.15) is 0 Å². The van der Waals surface area contributed by atoms with E-state index in [1.54, 1.807) is 6.07 Å². The fraction of sp³-hybridized carbons (Fsp3) is 0.333. The standard InChI is InChI=1S/C12H13ClFN/c13-6-1-2-7-15-8-5-10-3-4-11(14)9-12(10)15/h3-5,8-9H,1-2,6-7H2. The van der Waals surface area contributed by atoms with Crippen LogP contribution in [0.3, 0.4) is 0 Å². The zero-order valence-corrected chi connectivity index (χ0v) is 9.17. The fourth-order valence-corrected chi connectivity index (χ4v) is 1.92. The minimum absolute atomic E-state index is 0.181. The number of aryl methyl sites for hydroxylation is 1. The third-order valence-corrected chi connectivity index (χ3v) is 2.79. The molecule has 1 aromatic heterocycles. The fourth-order valence-electron chi connectivity index (χ4n) is 1.73. The summed E-state index contributed by atoms with van der Waals surface area (Å²) in [7, 11) is 0. The lowest BCUT2D eigenvalue weighted by Crippen LogP contribution is -1.96. The molecule has 0 aliphatic rings. The predicted molar refractivity (Wildman–Crippen MR) is 61.9 cm³/mol. The minimum Gasteiger partial charge on any atom is -0.347 e. The lowest BCUT2D eigenvalue weighted by Gasteiger charge is -2.04. The topological polar surface area (TPSA) is 4.93 Å². The Morgan fingerprint density at radius 3 is 2.87 bits per heavy atom. The third-order valence-electron chi connectivity index (χ3n) is 2.52. The molecule has 80 valence electrons. The van der Waals surface area contributed by atoms with Crippen LogP contribution in [0.2, 0.25) is 0 Å². The lowest BCUT2D eigenvalue weighted by molar-refractivity contribution is 0.624. The van der Waals surface area contributed by atoms with Crippen molar-refractivity contribution in [2.45, 2.75) is 19.4 Å². The van der Waals surface area contributed by atoms with Gasteiger partial charge in [0.25, 0.3) is 0 Å². The Labute approximate surface area is 93.5 Å². The second kappa shape index (κ2) is 4.67. The zero-order valence-electron chi connectivity index (χ0n) is 8.42. The van der Waals surface area contributed by atoms with E-state index in [4.69, 9.17) is 11.6 Å². The Kier molecular flexibility index (Phi) is 3.27. The highest BCUT2D eigenvalue weighted by atomic mass is 35.5. The first-order chi connectivity index (χ1) is 7.31. The number of benzene rings is 1. The Morgan fingerprint density at radius 2 is 2.07 bits per heavy atom. The number of hydrogen-bond donors (Lipinski definition) is 0. The maximum atomic E-state index is 13.0. The summed E-state index contributed by atoms with van der Waals surface area (Å²) in [6, 6.07) is 6.89. The number of nitrogens with zero attached hydrogens (tertiary/aromatic N) is 1. The molecule has 0 saturated heterocycles. The van der Waals surface area contributed by atoms with Gasteiger partial charge in [0.1, 0.15) is 5.82 Å². The zero-order chi connectivity index (χ0) is 10.7. The van der Waals surface area contributed by atoms with Crippen LogP contribution in [0, 0.1) is 5.82 Å². The van der Waals surface area contributed by atoms with Gasteiger partial charge in [0, 0.05) is 18.6 Å². The van der Waals surface area contributed by atoms with Gasteiger partial charge in [-0.05, 0) is 42.5 Å². The van der Waals surface area contributed by atoms with Crippen LogP contribution in [-0.2, 0) is 6.54 Å². The molecule has 0 aliphatic carbocycles. The monoisotopic (exact) mass is 225 g/mol. The van der Waals surface area contributed by atoms with Gasteiger partial charge in [0.2, 0.25) is 0 Å². The van der Waals surface area contributed by atoms with E-state index in [2.05, 4.69) is 4.57 Å². The quantitative estimate of drug-likeness (QED) is 0.551. The smallest absolute Gasteiger partial charge is 0.125 e. The van der Waals surface area contributed by atoms with Gasteiger partial charge >= 0.3 is 0 Å². The number of unbranched alkanes of at least 4 members (excludes halogenated alkanes) is 1. The van der Waals surface area contributed by atoms with E-state index >= 15 is 0 Å². The largest absolute Gasteiger partial charge is 0.347 e. The Bertz CT molecular complexity index is 450. The van der Waals surface area contributed by atoms with Gasteiger partial charge in [-0.25, -0.2) is 4.39 Å². The van der Waals surface area contributed by atoms with Crippen LogP contribution in [0.4, 0.5) is 4.39 Å². The lowest BCUT2D eigenvalue weighted by atomic mass is 10.2. The molecule has 2 aromatic rings. The number of hydrogen-bond acceptors (Lipinski definition) is 0. The van der Waals surface area contributed by atoms with Crippen molar-refractivity contribution in [3.05, 3.63) is 36.3 Å². The van der Waals surface area contributed by atoms with Crippen LogP contribution >= 0.6 is 11.6 Å². The third kappa shape index (κ3) is 2.32. The second-order valence-corrected chi connectivity index (χ2v) is 3.99. The molecular weight excluding hydrogens is 213 g/mol. The van der Waals surface area contributed by atoms with Crippen molar-refractivity contribution in [1.82, 2.24) is 4.57 Å². The van der Waals surface area contributed by atoms with Gasteiger partial charge in [-0.15, -0.1) is 11.6 Å². The molecule has 15 heavy (non-hydrogen) atoms. The van der Waals surface area contributed by atoms with Gasteiger partial charge in [-0.1, -0.05) is 0 Å². The molecule has 1 aromatic carbocycles. The molecule has 0 unspecified atom stereocenters. The van der Waals surface area contributed by atoms with E-state index in [0.29, 0.717) is 5.88 Å². The molecule has 1 nitrogen and oxygen atoms in total. The summed E-state index contributed by atoms with van der Waals surface area (Å²) < 4.78 is 15.1. The molecule has 0 bridgehead atoms.